The molecule has 0 spiro atoms. The maximum Gasteiger partial charge on any atom is 0.239 e. The molecule has 0 atom stereocenters. The summed E-state index contributed by atoms with van der Waals surface area (Å²) in [5.41, 5.74) is 0.179. The molecular formula is C18H23N3O2. The van der Waals surface area contributed by atoms with E-state index in [0.717, 1.165) is 18.2 Å². The maximum atomic E-state index is 12.6. The van der Waals surface area contributed by atoms with E-state index in [1.165, 1.54) is 0 Å². The van der Waals surface area contributed by atoms with Crippen LogP contribution in [0, 0.1) is 5.41 Å². The first-order valence-electron chi connectivity index (χ1n) is 7.90. The van der Waals surface area contributed by atoms with Crippen molar-refractivity contribution in [3.8, 4) is 0 Å². The Bertz CT molecular complexity index is 705. The molecule has 0 fully saturated rings. The number of benzene rings is 1. The van der Waals surface area contributed by atoms with Gasteiger partial charge in [0, 0.05) is 18.1 Å². The van der Waals surface area contributed by atoms with E-state index in [1.54, 1.807) is 26.1 Å². The van der Waals surface area contributed by atoms with Crippen molar-refractivity contribution in [1.82, 2.24) is 10.3 Å². The van der Waals surface area contributed by atoms with Gasteiger partial charge in [0.05, 0.1) is 11.2 Å². The van der Waals surface area contributed by atoms with Crippen LogP contribution < -0.4 is 10.6 Å². The molecule has 2 rings (SSSR count). The summed E-state index contributed by atoms with van der Waals surface area (Å²) in [6.45, 7) is 5.89. The number of aromatic nitrogens is 1. The number of anilines is 1. The summed E-state index contributed by atoms with van der Waals surface area (Å²) in [7, 11) is 0. The zero-order valence-corrected chi connectivity index (χ0v) is 13.8. The van der Waals surface area contributed by atoms with E-state index >= 15 is 0 Å². The zero-order chi connectivity index (χ0) is 16.9. The van der Waals surface area contributed by atoms with Gasteiger partial charge in [-0.2, -0.15) is 0 Å². The second-order valence-electron chi connectivity index (χ2n) is 6.07. The quantitative estimate of drug-likeness (QED) is 0.636. The van der Waals surface area contributed by atoms with Gasteiger partial charge in [-0.25, -0.2) is 0 Å². The topological polar surface area (TPSA) is 71.1 Å². The van der Waals surface area contributed by atoms with E-state index in [9.17, 15) is 9.59 Å². The number of unbranched alkanes of at least 4 members (excludes halogenated alkanes) is 1. The van der Waals surface area contributed by atoms with Gasteiger partial charge in [-0.05, 0) is 32.4 Å². The van der Waals surface area contributed by atoms with Gasteiger partial charge in [0.2, 0.25) is 11.8 Å². The van der Waals surface area contributed by atoms with Gasteiger partial charge in [-0.3, -0.25) is 14.6 Å². The summed E-state index contributed by atoms with van der Waals surface area (Å²) in [6, 6.07) is 9.35. The lowest BCUT2D eigenvalue weighted by atomic mass is 9.90. The highest BCUT2D eigenvalue weighted by Gasteiger charge is 2.36. The van der Waals surface area contributed by atoms with Crippen molar-refractivity contribution in [1.29, 1.82) is 0 Å². The Morgan fingerprint density at radius 1 is 1.13 bits per heavy atom. The van der Waals surface area contributed by atoms with Crippen molar-refractivity contribution in [3.63, 3.8) is 0 Å². The molecule has 1 aromatic heterocycles. The molecule has 0 aliphatic carbocycles. The Labute approximate surface area is 136 Å². The van der Waals surface area contributed by atoms with Crippen molar-refractivity contribution < 1.29 is 9.59 Å². The normalized spacial score (nSPS) is 11.3. The summed E-state index contributed by atoms with van der Waals surface area (Å²) >= 11 is 0. The molecular weight excluding hydrogens is 290 g/mol. The van der Waals surface area contributed by atoms with Crippen LogP contribution in [0.3, 0.4) is 0 Å². The molecule has 1 heterocycles. The standard InChI is InChI=1S/C18H23N3O2/c1-4-5-11-20-16(22)18(2,3)17(23)21-14-10-6-8-13-9-7-12-19-15(13)14/h6-10,12H,4-5,11H2,1-3H3,(H,20,22)(H,21,23). The lowest BCUT2D eigenvalue weighted by molar-refractivity contribution is -0.138. The SMILES string of the molecule is CCCCNC(=O)C(C)(C)C(=O)Nc1cccc2cccnc12. The van der Waals surface area contributed by atoms with Crippen molar-refractivity contribution in [2.24, 2.45) is 5.41 Å². The fourth-order valence-electron chi connectivity index (χ4n) is 2.19. The number of pyridine rings is 1. The van der Waals surface area contributed by atoms with Crippen LogP contribution in [0.4, 0.5) is 5.69 Å². The van der Waals surface area contributed by atoms with Crippen LogP contribution in [0.2, 0.25) is 0 Å². The first-order valence-corrected chi connectivity index (χ1v) is 7.90. The molecule has 0 aliphatic heterocycles. The number of para-hydroxylation sites is 1. The van der Waals surface area contributed by atoms with Gasteiger partial charge in [-0.1, -0.05) is 31.5 Å². The second-order valence-corrected chi connectivity index (χ2v) is 6.07. The van der Waals surface area contributed by atoms with E-state index in [2.05, 4.69) is 22.5 Å². The van der Waals surface area contributed by atoms with Gasteiger partial charge in [-0.15, -0.1) is 0 Å². The summed E-state index contributed by atoms with van der Waals surface area (Å²) in [5, 5.41) is 6.59. The van der Waals surface area contributed by atoms with Gasteiger partial charge in [0.1, 0.15) is 5.41 Å². The Hall–Kier alpha value is -2.43. The highest BCUT2D eigenvalue weighted by Crippen LogP contribution is 2.24. The number of fused-ring (bicyclic) bond motifs is 1. The van der Waals surface area contributed by atoms with Gasteiger partial charge < -0.3 is 10.6 Å². The van der Waals surface area contributed by atoms with E-state index in [0.29, 0.717) is 17.7 Å². The molecule has 0 radical (unpaired) electrons. The molecule has 2 N–H and O–H groups in total. The van der Waals surface area contributed by atoms with Crippen LogP contribution in [-0.4, -0.2) is 23.3 Å². The highest BCUT2D eigenvalue weighted by molar-refractivity contribution is 6.12. The largest absolute Gasteiger partial charge is 0.355 e. The van der Waals surface area contributed by atoms with Gasteiger partial charge in [0.25, 0.3) is 0 Å². The Balaban J connectivity index is 2.15. The predicted octanol–water partition coefficient (Wildman–Crippen LogP) is 3.12. The van der Waals surface area contributed by atoms with Crippen molar-refractivity contribution in [3.05, 3.63) is 36.5 Å². The average molecular weight is 313 g/mol. The predicted molar refractivity (Wildman–Crippen MR) is 92.1 cm³/mol. The lowest BCUT2D eigenvalue weighted by Crippen LogP contribution is -2.45. The monoisotopic (exact) mass is 313 g/mol. The molecule has 0 saturated carbocycles. The Morgan fingerprint density at radius 3 is 2.61 bits per heavy atom. The average Bonchev–Trinajstić information content (AvgIpc) is 2.55. The number of nitrogens with zero attached hydrogens (tertiary/aromatic N) is 1. The molecule has 5 heteroatoms. The summed E-state index contributed by atoms with van der Waals surface area (Å²) in [4.78, 5) is 29.1. The number of rotatable bonds is 6. The molecule has 23 heavy (non-hydrogen) atoms. The van der Waals surface area contributed by atoms with E-state index < -0.39 is 5.41 Å². The third kappa shape index (κ3) is 3.86. The molecule has 0 unspecified atom stereocenters. The third-order valence-electron chi connectivity index (χ3n) is 3.83. The smallest absolute Gasteiger partial charge is 0.239 e. The first kappa shape index (κ1) is 16.9. The maximum absolute atomic E-state index is 12.6. The minimum Gasteiger partial charge on any atom is -0.355 e. The Kier molecular flexibility index (Phi) is 5.32. The highest BCUT2D eigenvalue weighted by atomic mass is 16.2. The van der Waals surface area contributed by atoms with E-state index in [4.69, 9.17) is 0 Å². The van der Waals surface area contributed by atoms with E-state index in [1.807, 2.05) is 24.3 Å². The van der Waals surface area contributed by atoms with E-state index in [-0.39, 0.29) is 11.8 Å². The minimum atomic E-state index is -1.15. The summed E-state index contributed by atoms with van der Waals surface area (Å²) < 4.78 is 0. The van der Waals surface area contributed by atoms with Crippen molar-refractivity contribution >= 4 is 28.4 Å². The first-order chi connectivity index (χ1) is 11.0. The number of amides is 2. The number of hydrogen-bond donors (Lipinski definition) is 2. The minimum absolute atomic E-state index is 0.267. The molecule has 1 aromatic carbocycles. The number of carbonyl (C=O) groups is 2. The van der Waals surface area contributed by atoms with Crippen LogP contribution in [0.1, 0.15) is 33.6 Å². The van der Waals surface area contributed by atoms with Gasteiger partial charge >= 0.3 is 0 Å². The van der Waals surface area contributed by atoms with Crippen LogP contribution in [0.25, 0.3) is 10.9 Å². The van der Waals surface area contributed by atoms with Crippen LogP contribution >= 0.6 is 0 Å². The van der Waals surface area contributed by atoms with Crippen LogP contribution in [0.5, 0.6) is 0 Å². The molecule has 5 nitrogen and oxygen atoms in total. The number of carbonyl (C=O) groups excluding carboxylic acids is 2. The van der Waals surface area contributed by atoms with Gasteiger partial charge in [0.15, 0.2) is 0 Å². The Morgan fingerprint density at radius 2 is 1.87 bits per heavy atom. The second kappa shape index (κ2) is 7.22. The summed E-state index contributed by atoms with van der Waals surface area (Å²) in [6.07, 6.45) is 3.58. The molecule has 122 valence electrons. The van der Waals surface area contributed by atoms with Crippen molar-refractivity contribution in [2.45, 2.75) is 33.6 Å². The summed E-state index contributed by atoms with van der Waals surface area (Å²) in [5.74, 6) is -0.610. The van der Waals surface area contributed by atoms with Crippen LogP contribution in [0.15, 0.2) is 36.5 Å². The molecule has 2 amide bonds. The third-order valence-corrected chi connectivity index (χ3v) is 3.83. The lowest BCUT2D eigenvalue weighted by Gasteiger charge is -2.23. The molecule has 2 aromatic rings. The van der Waals surface area contributed by atoms with Crippen LogP contribution in [-0.2, 0) is 9.59 Å². The molecule has 0 aliphatic rings. The fraction of sp³-hybridized carbons (Fsp3) is 0.389. The zero-order valence-electron chi connectivity index (χ0n) is 13.8. The van der Waals surface area contributed by atoms with Crippen molar-refractivity contribution in [2.75, 3.05) is 11.9 Å². The molecule has 0 bridgehead atoms. The fourth-order valence-corrected chi connectivity index (χ4v) is 2.19. The molecule has 0 saturated heterocycles. The number of nitrogens with one attached hydrogen (secondary N) is 2. The number of hydrogen-bond acceptors (Lipinski definition) is 3.